The highest BCUT2D eigenvalue weighted by atomic mass is 19.4. The summed E-state index contributed by atoms with van der Waals surface area (Å²) in [5, 5.41) is 2.75. The van der Waals surface area contributed by atoms with E-state index in [9.17, 15) is 22.8 Å². The molecular formula is C18H23F3N2O3. The van der Waals surface area contributed by atoms with Gasteiger partial charge in [-0.2, -0.15) is 0 Å². The third-order valence-corrected chi connectivity index (χ3v) is 4.45. The molecule has 1 fully saturated rings. The number of rotatable bonds is 6. The number of nitrogens with zero attached hydrogens (tertiary/aromatic N) is 1. The molecule has 0 aliphatic heterocycles. The number of amides is 2. The van der Waals surface area contributed by atoms with Gasteiger partial charge in [0.05, 0.1) is 0 Å². The van der Waals surface area contributed by atoms with Crippen LogP contribution in [0.25, 0.3) is 0 Å². The summed E-state index contributed by atoms with van der Waals surface area (Å²) in [7, 11) is 1.62. The van der Waals surface area contributed by atoms with Crippen molar-refractivity contribution in [2.24, 2.45) is 5.92 Å². The molecule has 1 aromatic carbocycles. The summed E-state index contributed by atoms with van der Waals surface area (Å²) in [4.78, 5) is 25.7. The van der Waals surface area contributed by atoms with E-state index in [1.165, 1.54) is 36.1 Å². The van der Waals surface area contributed by atoms with E-state index in [1.54, 1.807) is 7.05 Å². The summed E-state index contributed by atoms with van der Waals surface area (Å²) >= 11 is 0. The van der Waals surface area contributed by atoms with Gasteiger partial charge in [0.2, 0.25) is 11.8 Å². The molecule has 1 atom stereocenters. The van der Waals surface area contributed by atoms with Gasteiger partial charge in [-0.25, -0.2) is 0 Å². The van der Waals surface area contributed by atoms with Crippen molar-refractivity contribution >= 4 is 11.8 Å². The van der Waals surface area contributed by atoms with Gasteiger partial charge in [0, 0.05) is 20.5 Å². The van der Waals surface area contributed by atoms with Crippen LogP contribution in [0.4, 0.5) is 13.2 Å². The highest BCUT2D eigenvalue weighted by molar-refractivity contribution is 5.87. The van der Waals surface area contributed by atoms with Gasteiger partial charge < -0.3 is 15.0 Å². The monoisotopic (exact) mass is 372 g/mol. The normalized spacial score (nSPS) is 16.2. The predicted molar refractivity (Wildman–Crippen MR) is 89.2 cm³/mol. The third kappa shape index (κ3) is 5.93. The minimum Gasteiger partial charge on any atom is -0.406 e. The number of hydrogen-bond acceptors (Lipinski definition) is 3. The van der Waals surface area contributed by atoms with E-state index in [4.69, 9.17) is 0 Å². The number of likely N-dealkylation sites (N-methyl/N-ethyl adjacent to an activating group) is 1. The summed E-state index contributed by atoms with van der Waals surface area (Å²) in [5.74, 6) is -0.631. The Kier molecular flexibility index (Phi) is 6.50. The zero-order valence-corrected chi connectivity index (χ0v) is 14.8. The third-order valence-electron chi connectivity index (χ3n) is 4.45. The molecule has 0 bridgehead atoms. The van der Waals surface area contributed by atoms with Gasteiger partial charge in [0.15, 0.2) is 0 Å². The summed E-state index contributed by atoms with van der Waals surface area (Å²) in [6, 6.07) is 4.82. The number of hydrogen-bond donors (Lipinski definition) is 1. The van der Waals surface area contributed by atoms with Crippen LogP contribution in [-0.4, -0.2) is 36.2 Å². The Morgan fingerprint density at radius 2 is 1.81 bits per heavy atom. The van der Waals surface area contributed by atoms with Crippen LogP contribution in [-0.2, 0) is 16.1 Å². The molecule has 8 heteroatoms. The molecule has 0 spiro atoms. The van der Waals surface area contributed by atoms with Crippen LogP contribution in [0.5, 0.6) is 5.75 Å². The Bertz CT molecular complexity index is 626. The zero-order valence-electron chi connectivity index (χ0n) is 14.8. The zero-order chi connectivity index (χ0) is 19.3. The maximum atomic E-state index is 12.8. The lowest BCUT2D eigenvalue weighted by molar-refractivity contribution is -0.274. The molecule has 0 radical (unpaired) electrons. The molecule has 1 unspecified atom stereocenters. The van der Waals surface area contributed by atoms with E-state index in [0.717, 1.165) is 25.7 Å². The van der Waals surface area contributed by atoms with E-state index < -0.39 is 12.4 Å². The van der Waals surface area contributed by atoms with Crippen molar-refractivity contribution in [3.05, 3.63) is 29.8 Å². The molecule has 5 nitrogen and oxygen atoms in total. The van der Waals surface area contributed by atoms with Crippen molar-refractivity contribution in [3.63, 3.8) is 0 Å². The number of carbonyl (C=O) groups is 2. The number of benzene rings is 1. The van der Waals surface area contributed by atoms with Gasteiger partial charge in [0.25, 0.3) is 0 Å². The minimum atomic E-state index is -4.73. The van der Waals surface area contributed by atoms with Gasteiger partial charge in [-0.05, 0) is 36.5 Å². The highest BCUT2D eigenvalue weighted by Crippen LogP contribution is 2.29. The highest BCUT2D eigenvalue weighted by Gasteiger charge is 2.33. The Labute approximate surface area is 150 Å². The van der Waals surface area contributed by atoms with Crippen molar-refractivity contribution in [2.45, 2.75) is 51.6 Å². The Morgan fingerprint density at radius 3 is 2.31 bits per heavy atom. The average Bonchev–Trinajstić information content (AvgIpc) is 3.06. The van der Waals surface area contributed by atoms with E-state index in [-0.39, 0.29) is 30.0 Å². The summed E-state index contributed by atoms with van der Waals surface area (Å²) in [6.45, 7) is 1.61. The van der Waals surface area contributed by atoms with Crippen LogP contribution in [0.15, 0.2) is 24.3 Å². The topological polar surface area (TPSA) is 58.6 Å². The quantitative estimate of drug-likeness (QED) is 0.834. The van der Waals surface area contributed by atoms with Gasteiger partial charge >= 0.3 is 6.36 Å². The number of carbonyl (C=O) groups excluding carboxylic acids is 2. The van der Waals surface area contributed by atoms with Crippen molar-refractivity contribution < 1.29 is 27.5 Å². The largest absolute Gasteiger partial charge is 0.573 e. The first-order valence-corrected chi connectivity index (χ1v) is 8.52. The molecule has 1 aliphatic rings. The molecule has 1 aromatic rings. The van der Waals surface area contributed by atoms with E-state index >= 15 is 0 Å². The van der Waals surface area contributed by atoms with Crippen molar-refractivity contribution in [2.75, 3.05) is 7.05 Å². The van der Waals surface area contributed by atoms with Crippen LogP contribution in [0, 0.1) is 5.92 Å². The summed E-state index contributed by atoms with van der Waals surface area (Å²) in [5.41, 5.74) is 0.670. The Morgan fingerprint density at radius 1 is 1.23 bits per heavy atom. The number of nitrogens with one attached hydrogen (secondary N) is 1. The number of ether oxygens (including phenoxy) is 1. The van der Waals surface area contributed by atoms with Crippen LogP contribution in [0.3, 0.4) is 0 Å². The molecule has 1 N–H and O–H groups in total. The van der Waals surface area contributed by atoms with Gasteiger partial charge in [-0.15, -0.1) is 13.2 Å². The Hall–Kier alpha value is -2.25. The molecule has 26 heavy (non-hydrogen) atoms. The molecule has 0 aromatic heterocycles. The lowest BCUT2D eigenvalue weighted by Crippen LogP contribution is -2.50. The molecular weight excluding hydrogens is 349 g/mol. The molecule has 1 saturated carbocycles. The maximum absolute atomic E-state index is 12.8. The second-order valence-corrected chi connectivity index (χ2v) is 6.61. The second kappa shape index (κ2) is 8.42. The average molecular weight is 372 g/mol. The standard InChI is InChI=1S/C18H23F3N2O3/c1-12(24)22-16(14-5-3-4-6-14)17(25)23(2)11-13-7-9-15(10-8-13)26-18(19,20)21/h7-10,14,16H,3-6,11H2,1-2H3,(H,22,24). The lowest BCUT2D eigenvalue weighted by atomic mass is 9.96. The SMILES string of the molecule is CC(=O)NC(C(=O)N(C)Cc1ccc(OC(F)(F)F)cc1)C1CCCC1. The molecule has 1 aliphatic carbocycles. The number of halogens is 3. The first kappa shape index (κ1) is 20.1. The van der Waals surface area contributed by atoms with Gasteiger partial charge in [-0.3, -0.25) is 9.59 Å². The fourth-order valence-corrected chi connectivity index (χ4v) is 3.28. The number of alkyl halides is 3. The maximum Gasteiger partial charge on any atom is 0.573 e. The smallest absolute Gasteiger partial charge is 0.406 e. The summed E-state index contributed by atoms with van der Waals surface area (Å²) < 4.78 is 40.4. The van der Waals surface area contributed by atoms with Crippen LogP contribution < -0.4 is 10.1 Å². The van der Waals surface area contributed by atoms with Gasteiger partial charge in [-0.1, -0.05) is 25.0 Å². The molecule has 144 valence electrons. The lowest BCUT2D eigenvalue weighted by Gasteiger charge is -2.28. The van der Waals surface area contributed by atoms with Gasteiger partial charge in [0.1, 0.15) is 11.8 Å². The van der Waals surface area contributed by atoms with E-state index in [2.05, 4.69) is 10.1 Å². The fourth-order valence-electron chi connectivity index (χ4n) is 3.28. The van der Waals surface area contributed by atoms with Crippen molar-refractivity contribution in [1.29, 1.82) is 0 Å². The van der Waals surface area contributed by atoms with Crippen LogP contribution in [0.1, 0.15) is 38.2 Å². The first-order valence-electron chi connectivity index (χ1n) is 8.52. The molecule has 2 rings (SSSR count). The second-order valence-electron chi connectivity index (χ2n) is 6.61. The fraction of sp³-hybridized carbons (Fsp3) is 0.556. The minimum absolute atomic E-state index is 0.122. The van der Waals surface area contributed by atoms with Crippen LogP contribution >= 0.6 is 0 Å². The van der Waals surface area contributed by atoms with E-state index in [1.807, 2.05) is 0 Å². The van der Waals surface area contributed by atoms with Crippen LogP contribution in [0.2, 0.25) is 0 Å². The van der Waals surface area contributed by atoms with Crippen molar-refractivity contribution in [1.82, 2.24) is 10.2 Å². The van der Waals surface area contributed by atoms with Crippen molar-refractivity contribution in [3.8, 4) is 5.75 Å². The molecule has 2 amide bonds. The predicted octanol–water partition coefficient (Wildman–Crippen LogP) is 3.24. The Balaban J connectivity index is 2.01. The van der Waals surface area contributed by atoms with E-state index in [0.29, 0.717) is 5.56 Å². The summed E-state index contributed by atoms with van der Waals surface area (Å²) in [6.07, 6.45) is -0.861. The first-order chi connectivity index (χ1) is 12.2. The molecule has 0 heterocycles. The molecule has 0 saturated heterocycles.